The van der Waals surface area contributed by atoms with E-state index in [-0.39, 0.29) is 16.5 Å². The van der Waals surface area contributed by atoms with Crippen LogP contribution in [0, 0.1) is 5.41 Å². The normalized spacial score (nSPS) is 15.2. The van der Waals surface area contributed by atoms with Gasteiger partial charge in [-0.15, -0.1) is 0 Å². The van der Waals surface area contributed by atoms with Gasteiger partial charge in [-0.25, -0.2) is 0 Å². The average molecular weight is 363 g/mol. The second kappa shape index (κ2) is 6.50. The van der Waals surface area contributed by atoms with Crippen molar-refractivity contribution in [2.24, 2.45) is 5.41 Å². The molecule has 7 nitrogen and oxygen atoms in total. The molecular formula is C20H21N5O2. The van der Waals surface area contributed by atoms with Crippen molar-refractivity contribution < 1.29 is 4.79 Å². The van der Waals surface area contributed by atoms with E-state index in [1.165, 1.54) is 6.20 Å². The largest absolute Gasteiger partial charge is 0.325 e. The van der Waals surface area contributed by atoms with Gasteiger partial charge in [0.2, 0.25) is 0 Å². The first-order valence-corrected chi connectivity index (χ1v) is 8.94. The molecule has 27 heavy (non-hydrogen) atoms. The van der Waals surface area contributed by atoms with E-state index in [4.69, 9.17) is 0 Å². The Labute approximate surface area is 156 Å². The van der Waals surface area contributed by atoms with Crippen molar-refractivity contribution in [2.75, 3.05) is 5.32 Å². The summed E-state index contributed by atoms with van der Waals surface area (Å²) in [5.74, 6) is -0.457. The number of carbonyl (C=O) groups excluding carboxylic acids is 1. The minimum atomic E-state index is -0.457. The van der Waals surface area contributed by atoms with Crippen LogP contribution in [0.15, 0.2) is 41.5 Å². The Balaban J connectivity index is 1.64. The second-order valence-electron chi connectivity index (χ2n) is 7.68. The van der Waals surface area contributed by atoms with Gasteiger partial charge < -0.3 is 10.3 Å². The van der Waals surface area contributed by atoms with Crippen LogP contribution in [0.3, 0.4) is 0 Å². The summed E-state index contributed by atoms with van der Waals surface area (Å²) in [6.45, 7) is 4.40. The predicted molar refractivity (Wildman–Crippen MR) is 103 cm³/mol. The average Bonchev–Trinajstić information content (AvgIpc) is 3.10. The van der Waals surface area contributed by atoms with E-state index >= 15 is 0 Å². The summed E-state index contributed by atoms with van der Waals surface area (Å²) in [4.78, 5) is 32.3. The molecule has 0 bridgehead atoms. The molecule has 0 fully saturated rings. The number of rotatable bonds is 3. The van der Waals surface area contributed by atoms with E-state index < -0.39 is 5.91 Å². The summed E-state index contributed by atoms with van der Waals surface area (Å²) >= 11 is 0. The number of H-pyrrole nitrogens is 2. The third-order valence-electron chi connectivity index (χ3n) is 4.99. The highest BCUT2D eigenvalue weighted by Crippen LogP contribution is 2.33. The maximum absolute atomic E-state index is 12.8. The van der Waals surface area contributed by atoms with Gasteiger partial charge in [0.05, 0.1) is 17.6 Å². The SMILES string of the molecule is CC1(C)CCc2[nH]c(=O)c(C(=O)Nc3cn[nH]c3-c3ccccn3)cc2C1. The number of hydrogen-bond donors (Lipinski definition) is 3. The molecule has 0 spiro atoms. The van der Waals surface area contributed by atoms with Crippen LogP contribution in [-0.4, -0.2) is 26.1 Å². The highest BCUT2D eigenvalue weighted by molar-refractivity contribution is 6.05. The van der Waals surface area contributed by atoms with E-state index in [0.717, 1.165) is 30.5 Å². The van der Waals surface area contributed by atoms with Crippen LogP contribution in [0.4, 0.5) is 5.69 Å². The smallest absolute Gasteiger partial charge is 0.261 e. The van der Waals surface area contributed by atoms with Gasteiger partial charge in [-0.2, -0.15) is 5.10 Å². The number of amides is 1. The van der Waals surface area contributed by atoms with Crippen LogP contribution in [0.25, 0.3) is 11.4 Å². The lowest BCUT2D eigenvalue weighted by Crippen LogP contribution is -2.29. The molecule has 1 aliphatic carbocycles. The van der Waals surface area contributed by atoms with Gasteiger partial charge in [0.15, 0.2) is 0 Å². The van der Waals surface area contributed by atoms with Crippen molar-refractivity contribution in [2.45, 2.75) is 33.1 Å². The summed E-state index contributed by atoms with van der Waals surface area (Å²) in [5.41, 5.74) is 3.62. The Hall–Kier alpha value is -3.22. The summed E-state index contributed by atoms with van der Waals surface area (Å²) in [5, 5.41) is 9.61. The standard InChI is InChI=1S/C20H21N5O2/c1-20(2)7-6-14-12(10-20)9-13(18(26)23-14)19(27)24-16-11-22-25-17(16)15-5-3-4-8-21-15/h3-5,8-9,11H,6-7,10H2,1-2H3,(H,22,25)(H,23,26)(H,24,27). The molecule has 0 saturated heterocycles. The molecule has 7 heteroatoms. The van der Waals surface area contributed by atoms with Crippen molar-refractivity contribution in [3.63, 3.8) is 0 Å². The Morgan fingerprint density at radius 2 is 2.15 bits per heavy atom. The first-order chi connectivity index (χ1) is 12.9. The maximum Gasteiger partial charge on any atom is 0.261 e. The summed E-state index contributed by atoms with van der Waals surface area (Å²) < 4.78 is 0. The molecule has 3 heterocycles. The lowest BCUT2D eigenvalue weighted by molar-refractivity contribution is 0.102. The second-order valence-corrected chi connectivity index (χ2v) is 7.68. The summed E-state index contributed by atoms with van der Waals surface area (Å²) in [6.07, 6.45) is 5.86. The number of hydrogen-bond acceptors (Lipinski definition) is 4. The molecule has 0 radical (unpaired) electrons. The molecule has 1 amide bonds. The zero-order chi connectivity index (χ0) is 19.0. The Morgan fingerprint density at radius 1 is 1.30 bits per heavy atom. The minimum Gasteiger partial charge on any atom is -0.325 e. The van der Waals surface area contributed by atoms with Gasteiger partial charge in [-0.3, -0.25) is 19.7 Å². The molecule has 138 valence electrons. The number of fused-ring (bicyclic) bond motifs is 1. The van der Waals surface area contributed by atoms with E-state index in [2.05, 4.69) is 39.3 Å². The fourth-order valence-corrected chi connectivity index (χ4v) is 3.50. The van der Waals surface area contributed by atoms with Gasteiger partial charge in [0, 0.05) is 11.9 Å². The third kappa shape index (κ3) is 3.40. The van der Waals surface area contributed by atoms with Crippen LogP contribution in [-0.2, 0) is 12.8 Å². The van der Waals surface area contributed by atoms with Crippen molar-refractivity contribution in [1.82, 2.24) is 20.2 Å². The van der Waals surface area contributed by atoms with Crippen LogP contribution >= 0.6 is 0 Å². The molecule has 0 atom stereocenters. The highest BCUT2D eigenvalue weighted by atomic mass is 16.2. The molecule has 0 aliphatic heterocycles. The zero-order valence-corrected chi connectivity index (χ0v) is 15.3. The molecule has 0 saturated carbocycles. The van der Waals surface area contributed by atoms with Crippen molar-refractivity contribution in [1.29, 1.82) is 0 Å². The van der Waals surface area contributed by atoms with Gasteiger partial charge >= 0.3 is 0 Å². The van der Waals surface area contributed by atoms with Gasteiger partial charge in [-0.05, 0) is 48.4 Å². The first-order valence-electron chi connectivity index (χ1n) is 8.94. The van der Waals surface area contributed by atoms with Gasteiger partial charge in [0.1, 0.15) is 11.3 Å². The minimum absolute atomic E-state index is 0.111. The van der Waals surface area contributed by atoms with Crippen molar-refractivity contribution >= 4 is 11.6 Å². The first kappa shape index (κ1) is 17.2. The lowest BCUT2D eigenvalue weighted by Gasteiger charge is -2.31. The number of anilines is 1. The number of aryl methyl sites for hydroxylation is 1. The molecular weight excluding hydrogens is 342 g/mol. The topological polar surface area (TPSA) is 104 Å². The van der Waals surface area contributed by atoms with E-state index in [9.17, 15) is 9.59 Å². The number of aromatic amines is 2. The lowest BCUT2D eigenvalue weighted by atomic mass is 9.76. The summed E-state index contributed by atoms with van der Waals surface area (Å²) in [6, 6.07) is 7.21. The Kier molecular flexibility index (Phi) is 4.14. The predicted octanol–water partition coefficient (Wildman–Crippen LogP) is 2.93. The number of aromatic nitrogens is 4. The fourth-order valence-electron chi connectivity index (χ4n) is 3.50. The number of pyridine rings is 2. The van der Waals surface area contributed by atoms with E-state index in [1.807, 2.05) is 18.2 Å². The Bertz CT molecular complexity index is 1050. The zero-order valence-electron chi connectivity index (χ0n) is 15.3. The molecule has 1 aliphatic rings. The number of carbonyl (C=O) groups is 1. The molecule has 3 N–H and O–H groups in total. The van der Waals surface area contributed by atoms with Crippen molar-refractivity contribution in [3.05, 3.63) is 63.8 Å². The maximum atomic E-state index is 12.8. The molecule has 3 aromatic heterocycles. The van der Waals surface area contributed by atoms with Crippen molar-refractivity contribution in [3.8, 4) is 11.4 Å². The van der Waals surface area contributed by atoms with E-state index in [1.54, 1.807) is 12.3 Å². The monoisotopic (exact) mass is 363 g/mol. The Morgan fingerprint density at radius 3 is 2.93 bits per heavy atom. The van der Waals surface area contributed by atoms with Gasteiger partial charge in [0.25, 0.3) is 11.5 Å². The molecule has 0 unspecified atom stereocenters. The van der Waals surface area contributed by atoms with Crippen LogP contribution in [0.1, 0.15) is 41.9 Å². The third-order valence-corrected chi connectivity index (χ3v) is 4.99. The number of nitrogens with one attached hydrogen (secondary N) is 3. The molecule has 0 aromatic carbocycles. The van der Waals surface area contributed by atoms with Crippen LogP contribution in [0.2, 0.25) is 0 Å². The molecule has 3 aromatic rings. The summed E-state index contributed by atoms with van der Waals surface area (Å²) in [7, 11) is 0. The van der Waals surface area contributed by atoms with Crippen LogP contribution < -0.4 is 10.9 Å². The van der Waals surface area contributed by atoms with Gasteiger partial charge in [-0.1, -0.05) is 19.9 Å². The van der Waals surface area contributed by atoms with Crippen LogP contribution in [0.5, 0.6) is 0 Å². The molecule has 4 rings (SSSR count). The van der Waals surface area contributed by atoms with E-state index in [0.29, 0.717) is 17.1 Å². The fraction of sp³-hybridized carbons (Fsp3) is 0.300. The number of nitrogens with zero attached hydrogens (tertiary/aromatic N) is 2. The highest BCUT2D eigenvalue weighted by Gasteiger charge is 2.27. The quantitative estimate of drug-likeness (QED) is 0.665.